The van der Waals surface area contributed by atoms with Crippen LogP contribution in [0.1, 0.15) is 22.8 Å². The van der Waals surface area contributed by atoms with Crippen LogP contribution in [0.4, 0.5) is 11.4 Å². The predicted octanol–water partition coefficient (Wildman–Crippen LogP) is 2.70. The molecule has 0 unspecified atom stereocenters. The summed E-state index contributed by atoms with van der Waals surface area (Å²) in [6, 6.07) is 12.2. The van der Waals surface area contributed by atoms with Gasteiger partial charge in [-0.1, -0.05) is 6.07 Å². The number of ether oxygens (including phenoxy) is 1. The van der Waals surface area contributed by atoms with E-state index in [9.17, 15) is 9.59 Å². The van der Waals surface area contributed by atoms with E-state index in [4.69, 9.17) is 9.84 Å². The molecule has 0 radical (unpaired) electrons. The fraction of sp³-hybridized carbons (Fsp3) is 0.176. The van der Waals surface area contributed by atoms with Crippen molar-refractivity contribution < 1.29 is 19.4 Å². The third kappa shape index (κ3) is 3.26. The molecular formula is C17H16N2O4. The summed E-state index contributed by atoms with van der Waals surface area (Å²) in [4.78, 5) is 24.2. The highest BCUT2D eigenvalue weighted by atomic mass is 16.5. The van der Waals surface area contributed by atoms with Crippen molar-refractivity contribution in [3.63, 3.8) is 0 Å². The van der Waals surface area contributed by atoms with Crippen molar-refractivity contribution in [2.24, 2.45) is 0 Å². The van der Waals surface area contributed by atoms with E-state index in [1.807, 2.05) is 23.1 Å². The molecule has 2 N–H and O–H groups in total. The molecule has 0 saturated heterocycles. The van der Waals surface area contributed by atoms with Gasteiger partial charge in [0, 0.05) is 30.4 Å². The molecule has 118 valence electrons. The van der Waals surface area contributed by atoms with E-state index in [0.717, 1.165) is 17.0 Å². The van der Waals surface area contributed by atoms with Crippen molar-refractivity contribution in [3.8, 4) is 5.75 Å². The Morgan fingerprint density at radius 2 is 2.04 bits per heavy atom. The minimum atomic E-state index is -0.960. The van der Waals surface area contributed by atoms with Crippen LogP contribution >= 0.6 is 0 Å². The number of nitrogens with zero attached hydrogens (tertiary/aromatic N) is 1. The Balaban J connectivity index is 1.85. The van der Waals surface area contributed by atoms with Crippen LogP contribution in [0.25, 0.3) is 0 Å². The number of hydrogen-bond acceptors (Lipinski definition) is 4. The molecule has 0 aliphatic carbocycles. The predicted molar refractivity (Wildman–Crippen MR) is 85.8 cm³/mol. The molecule has 0 bridgehead atoms. The van der Waals surface area contributed by atoms with Gasteiger partial charge in [-0.15, -0.1) is 0 Å². The van der Waals surface area contributed by atoms with Crippen molar-refractivity contribution in [2.75, 3.05) is 16.9 Å². The summed E-state index contributed by atoms with van der Waals surface area (Å²) in [7, 11) is 0. The molecule has 1 aliphatic heterocycles. The number of fused-ring (bicyclic) bond motifs is 1. The molecule has 2 aromatic carbocycles. The molecule has 1 aliphatic rings. The van der Waals surface area contributed by atoms with Crippen LogP contribution in [0, 0.1) is 0 Å². The van der Waals surface area contributed by atoms with Crippen molar-refractivity contribution >= 4 is 23.3 Å². The highest BCUT2D eigenvalue weighted by molar-refractivity contribution is 5.89. The summed E-state index contributed by atoms with van der Waals surface area (Å²) in [6.07, 6.45) is 0. The number of rotatable bonds is 3. The number of carbonyl (C=O) groups is 2. The van der Waals surface area contributed by atoms with Gasteiger partial charge in [0.25, 0.3) is 0 Å². The van der Waals surface area contributed by atoms with Crippen molar-refractivity contribution in [1.29, 1.82) is 0 Å². The van der Waals surface area contributed by atoms with Crippen LogP contribution in [0.5, 0.6) is 5.75 Å². The zero-order valence-corrected chi connectivity index (χ0v) is 12.6. The molecule has 23 heavy (non-hydrogen) atoms. The minimum Gasteiger partial charge on any atom is -0.478 e. The summed E-state index contributed by atoms with van der Waals surface area (Å²) in [5.41, 5.74) is 2.66. The maximum atomic E-state index is 11.2. The zero-order valence-electron chi connectivity index (χ0n) is 12.6. The quantitative estimate of drug-likeness (QED) is 0.911. The van der Waals surface area contributed by atoms with Gasteiger partial charge in [-0.2, -0.15) is 0 Å². The van der Waals surface area contributed by atoms with Gasteiger partial charge in [0.05, 0.1) is 5.56 Å². The topological polar surface area (TPSA) is 78.9 Å². The monoisotopic (exact) mass is 312 g/mol. The number of carboxylic acids is 1. The Morgan fingerprint density at radius 1 is 1.22 bits per heavy atom. The molecule has 0 saturated carbocycles. The first kappa shape index (κ1) is 14.9. The van der Waals surface area contributed by atoms with Gasteiger partial charge in [-0.3, -0.25) is 4.79 Å². The van der Waals surface area contributed by atoms with E-state index in [1.165, 1.54) is 6.92 Å². The Bertz CT molecular complexity index is 773. The van der Waals surface area contributed by atoms with E-state index >= 15 is 0 Å². The largest absolute Gasteiger partial charge is 0.478 e. The Hall–Kier alpha value is -3.02. The van der Waals surface area contributed by atoms with Crippen molar-refractivity contribution in [2.45, 2.75) is 13.5 Å². The third-order valence-electron chi connectivity index (χ3n) is 3.58. The lowest BCUT2D eigenvalue weighted by atomic mass is 10.1. The molecule has 0 fully saturated rings. The van der Waals surface area contributed by atoms with Crippen LogP contribution in [0.15, 0.2) is 42.5 Å². The molecule has 6 nitrogen and oxygen atoms in total. The molecule has 0 atom stereocenters. The average molecular weight is 312 g/mol. The van der Waals surface area contributed by atoms with Gasteiger partial charge in [-0.05, 0) is 36.4 Å². The summed E-state index contributed by atoms with van der Waals surface area (Å²) < 4.78 is 5.72. The molecule has 1 amide bonds. The normalized spacial score (nSPS) is 13.0. The maximum Gasteiger partial charge on any atom is 0.335 e. The van der Waals surface area contributed by atoms with E-state index in [2.05, 4.69) is 5.32 Å². The highest BCUT2D eigenvalue weighted by Gasteiger charge is 2.19. The number of amides is 1. The fourth-order valence-corrected chi connectivity index (χ4v) is 2.53. The molecule has 0 aromatic heterocycles. The second-order valence-corrected chi connectivity index (χ2v) is 5.33. The molecule has 2 aromatic rings. The molecular weight excluding hydrogens is 296 g/mol. The highest BCUT2D eigenvalue weighted by Crippen LogP contribution is 2.30. The first-order valence-corrected chi connectivity index (χ1v) is 7.14. The summed E-state index contributed by atoms with van der Waals surface area (Å²) in [5.74, 6) is -0.324. The zero-order chi connectivity index (χ0) is 16.4. The second kappa shape index (κ2) is 6.00. The molecule has 3 rings (SSSR count). The lowest BCUT2D eigenvalue weighted by Gasteiger charge is -2.31. The van der Waals surface area contributed by atoms with E-state index in [1.54, 1.807) is 24.3 Å². The van der Waals surface area contributed by atoms with Gasteiger partial charge >= 0.3 is 5.97 Å². The van der Waals surface area contributed by atoms with Crippen molar-refractivity contribution in [1.82, 2.24) is 0 Å². The molecule has 6 heteroatoms. The van der Waals surface area contributed by atoms with Gasteiger partial charge in [0.15, 0.2) is 6.73 Å². The standard InChI is InChI=1S/C17H16N2O4/c1-11(20)18-14-5-6-16-13(7-14)9-19(10-23-16)15-4-2-3-12(8-15)17(21)22/h2-8H,9-10H2,1H3,(H,18,20)(H,21,22). The fourth-order valence-electron chi connectivity index (χ4n) is 2.53. The first-order chi connectivity index (χ1) is 11.0. The number of hydrogen-bond donors (Lipinski definition) is 2. The van der Waals surface area contributed by atoms with Crippen LogP contribution in [-0.2, 0) is 11.3 Å². The smallest absolute Gasteiger partial charge is 0.335 e. The summed E-state index contributed by atoms with van der Waals surface area (Å²) in [5, 5.41) is 11.8. The number of nitrogens with one attached hydrogen (secondary N) is 1. The Morgan fingerprint density at radius 3 is 2.78 bits per heavy atom. The van der Waals surface area contributed by atoms with Crippen LogP contribution in [0.2, 0.25) is 0 Å². The van der Waals surface area contributed by atoms with E-state index < -0.39 is 5.97 Å². The van der Waals surface area contributed by atoms with Gasteiger partial charge in [0.2, 0.25) is 5.91 Å². The Kier molecular flexibility index (Phi) is 3.89. The maximum absolute atomic E-state index is 11.2. The van der Waals surface area contributed by atoms with Gasteiger partial charge < -0.3 is 20.1 Å². The molecule has 1 heterocycles. The third-order valence-corrected chi connectivity index (χ3v) is 3.58. The number of aromatic carboxylic acids is 1. The van der Waals surface area contributed by atoms with Crippen LogP contribution in [-0.4, -0.2) is 23.7 Å². The Labute approximate surface area is 133 Å². The summed E-state index contributed by atoms with van der Waals surface area (Å²) in [6.45, 7) is 2.38. The second-order valence-electron chi connectivity index (χ2n) is 5.33. The number of benzene rings is 2. The molecule has 0 spiro atoms. The first-order valence-electron chi connectivity index (χ1n) is 7.14. The van der Waals surface area contributed by atoms with Crippen LogP contribution in [0.3, 0.4) is 0 Å². The van der Waals surface area contributed by atoms with Gasteiger partial charge in [0.1, 0.15) is 5.75 Å². The number of anilines is 2. The summed E-state index contributed by atoms with van der Waals surface area (Å²) >= 11 is 0. The number of carboxylic acid groups (broad SMARTS) is 1. The van der Waals surface area contributed by atoms with E-state index in [0.29, 0.717) is 19.0 Å². The van der Waals surface area contributed by atoms with Gasteiger partial charge in [-0.25, -0.2) is 4.79 Å². The van der Waals surface area contributed by atoms with E-state index in [-0.39, 0.29) is 11.5 Å². The average Bonchev–Trinajstić information content (AvgIpc) is 2.53. The lowest BCUT2D eigenvalue weighted by Crippen LogP contribution is -2.32. The lowest BCUT2D eigenvalue weighted by molar-refractivity contribution is -0.114. The van der Waals surface area contributed by atoms with Crippen molar-refractivity contribution in [3.05, 3.63) is 53.6 Å². The SMILES string of the molecule is CC(=O)Nc1ccc2c(c1)CN(c1cccc(C(=O)O)c1)CO2. The minimum absolute atomic E-state index is 0.132. The number of carbonyl (C=O) groups excluding carboxylic acids is 1. The van der Waals surface area contributed by atoms with Crippen LogP contribution < -0.4 is 15.0 Å².